The van der Waals surface area contributed by atoms with Crippen LogP contribution in [0.15, 0.2) is 36.8 Å². The molecule has 3 rings (SSSR count). The van der Waals surface area contributed by atoms with Crippen molar-refractivity contribution >= 4 is 5.95 Å². The summed E-state index contributed by atoms with van der Waals surface area (Å²) in [6.07, 6.45) is 1.72. The zero-order valence-electron chi connectivity index (χ0n) is 14.3. The van der Waals surface area contributed by atoms with Gasteiger partial charge >= 0.3 is 6.18 Å². The fraction of sp³-hybridized carbons (Fsp3) is 0.500. The van der Waals surface area contributed by atoms with Crippen molar-refractivity contribution < 1.29 is 17.9 Å². The summed E-state index contributed by atoms with van der Waals surface area (Å²) in [5.74, 6) is 0.472. The molecule has 26 heavy (non-hydrogen) atoms. The monoisotopic (exact) mass is 366 g/mol. The van der Waals surface area contributed by atoms with Gasteiger partial charge in [0, 0.05) is 43.8 Å². The van der Waals surface area contributed by atoms with E-state index in [2.05, 4.69) is 15.0 Å². The second-order valence-corrected chi connectivity index (χ2v) is 6.35. The number of pyridine rings is 1. The van der Waals surface area contributed by atoms with Crippen LogP contribution in [0.2, 0.25) is 0 Å². The highest BCUT2D eigenvalue weighted by atomic mass is 19.4. The predicted octanol–water partition coefficient (Wildman–Crippen LogP) is 3.55. The molecule has 0 spiro atoms. The molecular formula is C18H21F3N4O. The van der Waals surface area contributed by atoms with Crippen LogP contribution in [0.5, 0.6) is 0 Å². The largest absolute Gasteiger partial charge is 0.389 e. The van der Waals surface area contributed by atoms with Crippen LogP contribution in [0, 0.1) is 0 Å². The molecule has 0 amide bonds. The molecule has 8 heteroatoms. The molecule has 2 aromatic heterocycles. The van der Waals surface area contributed by atoms with Crippen LogP contribution < -0.4 is 4.90 Å². The molecule has 1 aliphatic heterocycles. The smallest absolute Gasteiger partial charge is 0.372 e. The molecule has 1 saturated heterocycles. The van der Waals surface area contributed by atoms with E-state index in [1.807, 2.05) is 17.0 Å². The van der Waals surface area contributed by atoms with Crippen LogP contribution in [-0.2, 0) is 17.8 Å². The summed E-state index contributed by atoms with van der Waals surface area (Å²) in [6.45, 7) is 1.89. The summed E-state index contributed by atoms with van der Waals surface area (Å²) in [6, 6.07) is 5.36. The lowest BCUT2D eigenvalue weighted by atomic mass is 10.1. The van der Waals surface area contributed by atoms with Crippen molar-refractivity contribution in [1.82, 2.24) is 15.0 Å². The van der Waals surface area contributed by atoms with Gasteiger partial charge in [-0.05, 0) is 37.0 Å². The average molecular weight is 366 g/mol. The van der Waals surface area contributed by atoms with Gasteiger partial charge in [-0.1, -0.05) is 6.07 Å². The van der Waals surface area contributed by atoms with Gasteiger partial charge < -0.3 is 9.64 Å². The van der Waals surface area contributed by atoms with Gasteiger partial charge in [-0.25, -0.2) is 9.97 Å². The van der Waals surface area contributed by atoms with Crippen LogP contribution in [0.4, 0.5) is 19.1 Å². The summed E-state index contributed by atoms with van der Waals surface area (Å²) in [5, 5.41) is 0. The van der Waals surface area contributed by atoms with E-state index < -0.39 is 12.6 Å². The number of halogens is 3. The minimum atomic E-state index is -4.18. The highest BCUT2D eigenvalue weighted by molar-refractivity contribution is 5.31. The normalized spacial score (nSPS) is 18.1. The minimum absolute atomic E-state index is 0.0337. The van der Waals surface area contributed by atoms with Crippen molar-refractivity contribution in [1.29, 1.82) is 0 Å². The van der Waals surface area contributed by atoms with Gasteiger partial charge in [-0.2, -0.15) is 13.2 Å². The number of aromatic nitrogens is 3. The van der Waals surface area contributed by atoms with Gasteiger partial charge in [0.15, 0.2) is 0 Å². The number of nitrogens with zero attached hydrogens (tertiary/aromatic N) is 4. The van der Waals surface area contributed by atoms with Gasteiger partial charge in [0.25, 0.3) is 0 Å². The maximum Gasteiger partial charge on any atom is 0.389 e. The molecular weight excluding hydrogens is 345 g/mol. The van der Waals surface area contributed by atoms with Crippen molar-refractivity contribution in [2.24, 2.45) is 0 Å². The minimum Gasteiger partial charge on any atom is -0.372 e. The van der Waals surface area contributed by atoms with Crippen LogP contribution in [0.1, 0.15) is 30.5 Å². The van der Waals surface area contributed by atoms with Crippen molar-refractivity contribution in [2.45, 2.75) is 44.6 Å². The SMILES string of the molecule is FC(F)(F)CCc1ccnc(N2CCC[C@H](OCc3cccnc3)C2)n1. The van der Waals surface area contributed by atoms with Gasteiger partial charge in [0.05, 0.1) is 12.7 Å². The molecule has 0 unspecified atom stereocenters. The first kappa shape index (κ1) is 18.6. The maximum absolute atomic E-state index is 12.4. The summed E-state index contributed by atoms with van der Waals surface area (Å²) >= 11 is 0. The number of piperidine rings is 1. The Morgan fingerprint density at radius 3 is 2.88 bits per heavy atom. The Morgan fingerprint density at radius 2 is 2.12 bits per heavy atom. The van der Waals surface area contributed by atoms with E-state index in [4.69, 9.17) is 4.74 Å². The Hall–Kier alpha value is -2.22. The van der Waals surface area contributed by atoms with Crippen molar-refractivity contribution in [2.75, 3.05) is 18.0 Å². The summed E-state index contributed by atoms with van der Waals surface area (Å²) < 4.78 is 43.2. The van der Waals surface area contributed by atoms with E-state index >= 15 is 0 Å². The number of hydrogen-bond donors (Lipinski definition) is 0. The van der Waals surface area contributed by atoms with E-state index in [0.29, 0.717) is 24.8 Å². The van der Waals surface area contributed by atoms with Crippen LogP contribution >= 0.6 is 0 Å². The van der Waals surface area contributed by atoms with Gasteiger partial charge in [-0.3, -0.25) is 4.98 Å². The molecule has 0 bridgehead atoms. The van der Waals surface area contributed by atoms with E-state index in [0.717, 1.165) is 24.9 Å². The number of anilines is 1. The van der Waals surface area contributed by atoms with Crippen LogP contribution in [0.3, 0.4) is 0 Å². The lowest BCUT2D eigenvalue weighted by Gasteiger charge is -2.32. The Morgan fingerprint density at radius 1 is 1.23 bits per heavy atom. The third kappa shape index (κ3) is 5.66. The maximum atomic E-state index is 12.4. The molecule has 2 aromatic rings. The number of rotatable bonds is 6. The first-order valence-corrected chi connectivity index (χ1v) is 8.64. The zero-order valence-corrected chi connectivity index (χ0v) is 14.3. The highest BCUT2D eigenvalue weighted by Crippen LogP contribution is 2.23. The second-order valence-electron chi connectivity index (χ2n) is 6.35. The Bertz CT molecular complexity index is 696. The Kier molecular flexibility index (Phi) is 6.03. The fourth-order valence-corrected chi connectivity index (χ4v) is 2.90. The van der Waals surface area contributed by atoms with E-state index in [-0.39, 0.29) is 12.5 Å². The molecule has 140 valence electrons. The lowest BCUT2D eigenvalue weighted by molar-refractivity contribution is -0.134. The molecule has 1 aliphatic rings. The summed E-state index contributed by atoms with van der Waals surface area (Å²) in [7, 11) is 0. The first-order valence-electron chi connectivity index (χ1n) is 8.64. The van der Waals surface area contributed by atoms with Crippen LogP contribution in [0.25, 0.3) is 0 Å². The zero-order chi connectivity index (χ0) is 18.4. The second kappa shape index (κ2) is 8.44. The van der Waals surface area contributed by atoms with Gasteiger partial charge in [0.2, 0.25) is 5.95 Å². The third-order valence-electron chi connectivity index (χ3n) is 4.23. The average Bonchev–Trinajstić information content (AvgIpc) is 2.66. The Balaban J connectivity index is 1.57. The topological polar surface area (TPSA) is 51.1 Å². The molecule has 1 atom stereocenters. The molecule has 0 N–H and O–H groups in total. The number of aryl methyl sites for hydroxylation is 1. The molecule has 0 aromatic carbocycles. The Labute approximate surface area is 150 Å². The fourth-order valence-electron chi connectivity index (χ4n) is 2.90. The summed E-state index contributed by atoms with van der Waals surface area (Å²) in [4.78, 5) is 14.6. The quantitative estimate of drug-likeness (QED) is 0.783. The molecule has 0 aliphatic carbocycles. The molecule has 5 nitrogen and oxygen atoms in total. The third-order valence-corrected chi connectivity index (χ3v) is 4.23. The number of hydrogen-bond acceptors (Lipinski definition) is 5. The van der Waals surface area contributed by atoms with E-state index in [9.17, 15) is 13.2 Å². The van der Waals surface area contributed by atoms with Crippen LogP contribution in [-0.4, -0.2) is 40.3 Å². The summed E-state index contributed by atoms with van der Waals surface area (Å²) in [5.41, 5.74) is 1.42. The van der Waals surface area contributed by atoms with Gasteiger partial charge in [-0.15, -0.1) is 0 Å². The number of alkyl halides is 3. The van der Waals surface area contributed by atoms with Gasteiger partial charge in [0.1, 0.15) is 0 Å². The molecule has 3 heterocycles. The number of ether oxygens (including phenoxy) is 1. The standard InChI is InChI=1S/C18H21F3N4O/c19-18(20,21)7-5-15-6-9-23-17(24-15)25-10-2-4-16(12-25)26-13-14-3-1-8-22-11-14/h1,3,6,8-9,11,16H,2,4-5,7,10,12-13H2/t16-/m0/s1. The first-order chi connectivity index (χ1) is 12.5. The highest BCUT2D eigenvalue weighted by Gasteiger charge is 2.27. The van der Waals surface area contributed by atoms with Crippen molar-refractivity contribution in [3.63, 3.8) is 0 Å². The van der Waals surface area contributed by atoms with Crippen molar-refractivity contribution in [3.8, 4) is 0 Å². The lowest BCUT2D eigenvalue weighted by Crippen LogP contribution is -2.40. The van der Waals surface area contributed by atoms with E-state index in [1.54, 1.807) is 12.4 Å². The predicted molar refractivity (Wildman–Crippen MR) is 90.7 cm³/mol. The molecule has 0 saturated carbocycles. The molecule has 1 fully saturated rings. The van der Waals surface area contributed by atoms with Crippen molar-refractivity contribution in [3.05, 3.63) is 48.0 Å². The molecule has 0 radical (unpaired) electrons. The van der Waals surface area contributed by atoms with E-state index in [1.165, 1.54) is 12.3 Å².